The number of hydrogen-bond acceptors (Lipinski definition) is 4. The number of phenolic OH excluding ortho intramolecular Hbond substituents is 1. The highest BCUT2D eigenvalue weighted by atomic mass is 16.3. The van der Waals surface area contributed by atoms with E-state index in [1.54, 1.807) is 37.4 Å². The molecule has 3 N–H and O–H groups in total. The highest BCUT2D eigenvalue weighted by molar-refractivity contribution is 5.94. The molecule has 0 aliphatic rings. The maximum Gasteiger partial charge on any atom is 0.232 e. The number of amides is 1. The number of aromatic hydroxyl groups is 1. The van der Waals surface area contributed by atoms with Crippen molar-refractivity contribution < 1.29 is 9.90 Å². The van der Waals surface area contributed by atoms with E-state index in [9.17, 15) is 9.90 Å². The lowest BCUT2D eigenvalue weighted by atomic mass is 10.2. The van der Waals surface area contributed by atoms with Gasteiger partial charge in [0.05, 0.1) is 18.3 Å². The van der Waals surface area contributed by atoms with Crippen LogP contribution in [0.3, 0.4) is 0 Å². The summed E-state index contributed by atoms with van der Waals surface area (Å²) in [6.45, 7) is 0. The van der Waals surface area contributed by atoms with Crippen LogP contribution >= 0.6 is 0 Å². The van der Waals surface area contributed by atoms with Crippen LogP contribution in [0.4, 0.5) is 11.4 Å². The van der Waals surface area contributed by atoms with Gasteiger partial charge in [-0.2, -0.15) is 0 Å². The molecule has 0 saturated heterocycles. The number of carbonyl (C=O) groups is 1. The number of pyridine rings is 1. The first-order valence-electron chi connectivity index (χ1n) is 5.82. The van der Waals surface area contributed by atoms with E-state index in [4.69, 9.17) is 5.73 Å². The Bertz CT molecular complexity index is 581. The fourth-order valence-electron chi connectivity index (χ4n) is 1.66. The Morgan fingerprint density at radius 1 is 1.37 bits per heavy atom. The molecule has 0 aliphatic heterocycles. The SMILES string of the molecule is CN(C(=O)Cc1ccc(N)cn1)c1cccc(O)c1. The predicted molar refractivity (Wildman–Crippen MR) is 73.9 cm³/mol. The van der Waals surface area contributed by atoms with Gasteiger partial charge in [0.2, 0.25) is 5.91 Å². The molecule has 0 saturated carbocycles. The molecule has 98 valence electrons. The van der Waals surface area contributed by atoms with Crippen LogP contribution in [0.1, 0.15) is 5.69 Å². The van der Waals surface area contributed by atoms with E-state index < -0.39 is 0 Å². The van der Waals surface area contributed by atoms with Crippen molar-refractivity contribution in [2.75, 3.05) is 17.7 Å². The van der Waals surface area contributed by atoms with Crippen molar-refractivity contribution in [1.82, 2.24) is 4.98 Å². The molecule has 0 fully saturated rings. The number of carbonyl (C=O) groups excluding carboxylic acids is 1. The van der Waals surface area contributed by atoms with Gasteiger partial charge in [-0.15, -0.1) is 0 Å². The second kappa shape index (κ2) is 5.39. The van der Waals surface area contributed by atoms with E-state index in [1.807, 2.05) is 0 Å². The standard InChI is InChI=1S/C14H15N3O2/c1-17(12-3-2-4-13(18)8-12)14(19)7-11-6-5-10(15)9-16-11/h2-6,8-9,18H,7,15H2,1H3. The van der Waals surface area contributed by atoms with Gasteiger partial charge >= 0.3 is 0 Å². The number of benzene rings is 1. The normalized spacial score (nSPS) is 10.2. The summed E-state index contributed by atoms with van der Waals surface area (Å²) in [4.78, 5) is 17.7. The largest absolute Gasteiger partial charge is 0.508 e. The highest BCUT2D eigenvalue weighted by Crippen LogP contribution is 2.19. The molecule has 19 heavy (non-hydrogen) atoms. The highest BCUT2D eigenvalue weighted by Gasteiger charge is 2.12. The van der Waals surface area contributed by atoms with E-state index in [-0.39, 0.29) is 18.1 Å². The molecule has 1 amide bonds. The second-order valence-electron chi connectivity index (χ2n) is 4.23. The summed E-state index contributed by atoms with van der Waals surface area (Å²) < 4.78 is 0. The van der Waals surface area contributed by atoms with Gasteiger partial charge in [0, 0.05) is 24.5 Å². The first kappa shape index (κ1) is 12.9. The molecule has 1 heterocycles. The first-order valence-corrected chi connectivity index (χ1v) is 5.82. The number of hydrogen-bond donors (Lipinski definition) is 2. The third-order valence-corrected chi connectivity index (χ3v) is 2.77. The van der Waals surface area contributed by atoms with Crippen molar-refractivity contribution >= 4 is 17.3 Å². The van der Waals surface area contributed by atoms with Crippen molar-refractivity contribution in [3.8, 4) is 5.75 Å². The molecule has 0 bridgehead atoms. The Balaban J connectivity index is 2.09. The number of likely N-dealkylation sites (N-methyl/N-ethyl adjacent to an activating group) is 1. The molecule has 2 rings (SSSR count). The van der Waals surface area contributed by atoms with E-state index in [0.29, 0.717) is 17.1 Å². The molecule has 5 heteroatoms. The average molecular weight is 257 g/mol. The van der Waals surface area contributed by atoms with Gasteiger partial charge in [0.15, 0.2) is 0 Å². The molecule has 1 aromatic heterocycles. The Morgan fingerprint density at radius 2 is 2.16 bits per heavy atom. The molecule has 0 atom stereocenters. The number of aromatic nitrogens is 1. The van der Waals surface area contributed by atoms with Crippen LogP contribution in [0, 0.1) is 0 Å². The van der Waals surface area contributed by atoms with Crippen molar-refractivity contribution in [1.29, 1.82) is 0 Å². The maximum atomic E-state index is 12.1. The van der Waals surface area contributed by atoms with Gasteiger partial charge in [-0.3, -0.25) is 9.78 Å². The summed E-state index contributed by atoms with van der Waals surface area (Å²) in [5.74, 6) is 0.0191. The van der Waals surface area contributed by atoms with Crippen LogP contribution in [-0.2, 0) is 11.2 Å². The smallest absolute Gasteiger partial charge is 0.232 e. The topological polar surface area (TPSA) is 79.5 Å². The third-order valence-electron chi connectivity index (χ3n) is 2.77. The summed E-state index contributed by atoms with van der Waals surface area (Å²) >= 11 is 0. The lowest BCUT2D eigenvalue weighted by Crippen LogP contribution is -2.28. The Kier molecular flexibility index (Phi) is 3.66. The average Bonchev–Trinajstić information content (AvgIpc) is 2.40. The molecule has 0 radical (unpaired) electrons. The van der Waals surface area contributed by atoms with E-state index >= 15 is 0 Å². The molecular weight excluding hydrogens is 242 g/mol. The maximum absolute atomic E-state index is 12.1. The van der Waals surface area contributed by atoms with Crippen LogP contribution in [0.15, 0.2) is 42.6 Å². The molecule has 0 spiro atoms. The van der Waals surface area contributed by atoms with E-state index in [2.05, 4.69) is 4.98 Å². The molecule has 5 nitrogen and oxygen atoms in total. The Labute approximate surface area is 111 Å². The van der Waals surface area contributed by atoms with Crippen molar-refractivity contribution in [2.45, 2.75) is 6.42 Å². The van der Waals surface area contributed by atoms with Crippen LogP contribution in [0.5, 0.6) is 5.75 Å². The molecule has 0 unspecified atom stereocenters. The minimum Gasteiger partial charge on any atom is -0.508 e. The van der Waals surface area contributed by atoms with Gasteiger partial charge in [0.1, 0.15) is 5.75 Å². The summed E-state index contributed by atoms with van der Waals surface area (Å²) in [5.41, 5.74) is 7.40. The zero-order chi connectivity index (χ0) is 13.8. The third kappa shape index (κ3) is 3.22. The van der Waals surface area contributed by atoms with Crippen LogP contribution in [0.25, 0.3) is 0 Å². The van der Waals surface area contributed by atoms with Crippen LogP contribution in [0.2, 0.25) is 0 Å². The predicted octanol–water partition coefficient (Wildman–Crippen LogP) is 1.57. The second-order valence-corrected chi connectivity index (χ2v) is 4.23. The lowest BCUT2D eigenvalue weighted by Gasteiger charge is -2.17. The van der Waals surface area contributed by atoms with Gasteiger partial charge in [0.25, 0.3) is 0 Å². The fourth-order valence-corrected chi connectivity index (χ4v) is 1.66. The number of phenols is 1. The minimum atomic E-state index is -0.108. The van der Waals surface area contributed by atoms with E-state index in [1.165, 1.54) is 17.2 Å². The summed E-state index contributed by atoms with van der Waals surface area (Å²) in [5, 5.41) is 9.40. The van der Waals surface area contributed by atoms with E-state index in [0.717, 1.165) is 0 Å². The number of anilines is 2. The first-order chi connectivity index (χ1) is 9.06. The number of nitrogens with two attached hydrogens (primary N) is 1. The number of nitrogens with zero attached hydrogens (tertiary/aromatic N) is 2. The van der Waals surface area contributed by atoms with Gasteiger partial charge in [-0.05, 0) is 24.3 Å². The molecule has 2 aromatic rings. The summed E-state index contributed by atoms with van der Waals surface area (Å²) in [7, 11) is 1.66. The van der Waals surface area contributed by atoms with Crippen LogP contribution < -0.4 is 10.6 Å². The van der Waals surface area contributed by atoms with Gasteiger partial charge in [-0.25, -0.2) is 0 Å². The number of nitrogen functional groups attached to an aromatic ring is 1. The Morgan fingerprint density at radius 3 is 2.79 bits per heavy atom. The summed E-state index contributed by atoms with van der Waals surface area (Å²) in [6, 6.07) is 9.98. The van der Waals surface area contributed by atoms with Crippen molar-refractivity contribution in [3.63, 3.8) is 0 Å². The molecule has 0 aliphatic carbocycles. The molecular formula is C14H15N3O2. The zero-order valence-electron chi connectivity index (χ0n) is 10.6. The summed E-state index contributed by atoms with van der Waals surface area (Å²) in [6.07, 6.45) is 1.71. The quantitative estimate of drug-likeness (QED) is 0.874. The number of rotatable bonds is 3. The fraction of sp³-hybridized carbons (Fsp3) is 0.143. The van der Waals surface area contributed by atoms with Crippen molar-refractivity contribution in [3.05, 3.63) is 48.3 Å². The minimum absolute atomic E-state index is 0.108. The monoisotopic (exact) mass is 257 g/mol. The zero-order valence-corrected chi connectivity index (χ0v) is 10.6. The van der Waals surface area contributed by atoms with Crippen molar-refractivity contribution in [2.24, 2.45) is 0 Å². The van der Waals surface area contributed by atoms with Crippen LogP contribution in [-0.4, -0.2) is 23.0 Å². The van der Waals surface area contributed by atoms with Gasteiger partial charge < -0.3 is 15.7 Å². The lowest BCUT2D eigenvalue weighted by molar-refractivity contribution is -0.117. The Hall–Kier alpha value is -2.56. The van der Waals surface area contributed by atoms with Gasteiger partial charge in [-0.1, -0.05) is 6.07 Å². The molecule has 1 aromatic carbocycles.